The fourth-order valence-corrected chi connectivity index (χ4v) is 2.09. The Morgan fingerprint density at radius 1 is 1.24 bits per heavy atom. The predicted octanol–water partition coefficient (Wildman–Crippen LogP) is 2.91. The average molecular weight is 286 g/mol. The number of ether oxygens (including phenoxy) is 1. The molecule has 0 atom stereocenters. The van der Waals surface area contributed by atoms with Crippen LogP contribution in [0.25, 0.3) is 17.0 Å². The van der Waals surface area contributed by atoms with Crippen molar-refractivity contribution in [2.45, 2.75) is 13.3 Å². The van der Waals surface area contributed by atoms with Gasteiger partial charge < -0.3 is 10.5 Å². The van der Waals surface area contributed by atoms with E-state index in [-0.39, 0.29) is 5.82 Å². The number of benzene rings is 1. The number of hydrogen-bond acceptors (Lipinski definition) is 4. The van der Waals surface area contributed by atoms with E-state index in [9.17, 15) is 4.39 Å². The van der Waals surface area contributed by atoms with Crippen LogP contribution in [-0.2, 0) is 0 Å². The average Bonchev–Trinajstić information content (AvgIpc) is 2.89. The lowest BCUT2D eigenvalue weighted by molar-refractivity contribution is 0.319. The quantitative estimate of drug-likeness (QED) is 0.749. The summed E-state index contributed by atoms with van der Waals surface area (Å²) in [6, 6.07) is 8.31. The molecule has 0 bridgehead atoms. The van der Waals surface area contributed by atoms with Gasteiger partial charge in [0.1, 0.15) is 11.6 Å². The normalized spacial score (nSPS) is 11.0. The zero-order chi connectivity index (χ0) is 14.8. The highest BCUT2D eigenvalue weighted by atomic mass is 19.1. The van der Waals surface area contributed by atoms with Crippen LogP contribution >= 0.6 is 0 Å². The number of aromatic nitrogens is 3. The Labute approximate surface area is 121 Å². The van der Waals surface area contributed by atoms with Gasteiger partial charge >= 0.3 is 0 Å². The number of rotatable bonds is 4. The molecule has 0 unspecified atom stereocenters. The minimum atomic E-state index is -0.348. The van der Waals surface area contributed by atoms with Crippen molar-refractivity contribution in [2.75, 3.05) is 12.3 Å². The lowest BCUT2D eigenvalue weighted by atomic mass is 10.1. The molecule has 0 radical (unpaired) electrons. The molecule has 0 fully saturated rings. The molecule has 3 aromatic rings. The zero-order valence-corrected chi connectivity index (χ0v) is 11.6. The monoisotopic (exact) mass is 286 g/mol. The van der Waals surface area contributed by atoms with Gasteiger partial charge in [-0.15, -0.1) is 10.2 Å². The summed E-state index contributed by atoms with van der Waals surface area (Å²) in [5, 5.41) is 8.10. The topological polar surface area (TPSA) is 65.4 Å². The van der Waals surface area contributed by atoms with Crippen LogP contribution in [0, 0.1) is 5.82 Å². The first-order valence-corrected chi connectivity index (χ1v) is 6.72. The number of pyridine rings is 1. The van der Waals surface area contributed by atoms with E-state index < -0.39 is 0 Å². The summed E-state index contributed by atoms with van der Waals surface area (Å²) in [5.41, 5.74) is 7.85. The minimum Gasteiger partial charge on any atom is -0.491 e. The molecule has 6 heteroatoms. The van der Waals surface area contributed by atoms with Crippen molar-refractivity contribution < 1.29 is 9.13 Å². The van der Waals surface area contributed by atoms with E-state index in [0.29, 0.717) is 29.5 Å². The summed E-state index contributed by atoms with van der Waals surface area (Å²) < 4.78 is 20.5. The Morgan fingerprint density at radius 3 is 2.86 bits per heavy atom. The molecule has 0 saturated carbocycles. The molecule has 0 aliphatic heterocycles. The highest BCUT2D eigenvalue weighted by Crippen LogP contribution is 2.28. The molecule has 2 aromatic heterocycles. The standard InChI is InChI=1S/C15H15FN4O/c1-2-7-21-13-5-3-10(8-12(13)17)15-19-18-14-6-4-11(16)9-20(14)15/h3-6,8-9H,2,7,17H2,1H3. The van der Waals surface area contributed by atoms with Crippen molar-refractivity contribution in [3.05, 3.63) is 42.3 Å². The van der Waals surface area contributed by atoms with Crippen LogP contribution in [0.15, 0.2) is 36.5 Å². The van der Waals surface area contributed by atoms with Gasteiger partial charge in [0.05, 0.1) is 12.3 Å². The summed E-state index contributed by atoms with van der Waals surface area (Å²) in [6.45, 7) is 2.64. The van der Waals surface area contributed by atoms with E-state index >= 15 is 0 Å². The Morgan fingerprint density at radius 2 is 2.10 bits per heavy atom. The third kappa shape index (κ3) is 2.52. The van der Waals surface area contributed by atoms with Gasteiger partial charge in [0.25, 0.3) is 0 Å². The van der Waals surface area contributed by atoms with Crippen LogP contribution in [0.2, 0.25) is 0 Å². The van der Waals surface area contributed by atoms with E-state index in [0.717, 1.165) is 12.0 Å². The molecule has 3 rings (SSSR count). The zero-order valence-electron chi connectivity index (χ0n) is 11.6. The Bertz CT molecular complexity index is 784. The lowest BCUT2D eigenvalue weighted by Gasteiger charge is -2.09. The van der Waals surface area contributed by atoms with E-state index in [1.807, 2.05) is 13.0 Å². The second-order valence-corrected chi connectivity index (χ2v) is 4.70. The Balaban J connectivity index is 2.02. The van der Waals surface area contributed by atoms with Crippen LogP contribution < -0.4 is 10.5 Å². The van der Waals surface area contributed by atoms with Gasteiger partial charge in [-0.1, -0.05) is 6.92 Å². The van der Waals surface area contributed by atoms with Crippen LogP contribution in [0.1, 0.15) is 13.3 Å². The number of hydrogen-bond donors (Lipinski definition) is 1. The molecular formula is C15H15FN4O. The molecule has 1 aromatic carbocycles. The predicted molar refractivity (Wildman–Crippen MR) is 78.6 cm³/mol. The molecule has 0 saturated heterocycles. The number of nitrogens with two attached hydrogens (primary N) is 1. The van der Waals surface area contributed by atoms with Gasteiger partial charge in [-0.25, -0.2) is 4.39 Å². The highest BCUT2D eigenvalue weighted by Gasteiger charge is 2.11. The number of nitrogens with zero attached hydrogens (tertiary/aromatic N) is 3. The van der Waals surface area contributed by atoms with E-state index in [1.165, 1.54) is 12.3 Å². The van der Waals surface area contributed by atoms with Gasteiger partial charge in [0.2, 0.25) is 0 Å². The fourth-order valence-electron chi connectivity index (χ4n) is 2.09. The minimum absolute atomic E-state index is 0.348. The molecule has 0 aliphatic rings. The number of anilines is 1. The molecular weight excluding hydrogens is 271 g/mol. The third-order valence-corrected chi connectivity index (χ3v) is 3.10. The molecule has 0 amide bonds. The van der Waals surface area contributed by atoms with Crippen LogP contribution in [0.5, 0.6) is 5.75 Å². The number of fused-ring (bicyclic) bond motifs is 1. The van der Waals surface area contributed by atoms with Crippen molar-refractivity contribution in [3.8, 4) is 17.1 Å². The van der Waals surface area contributed by atoms with E-state index in [2.05, 4.69) is 10.2 Å². The second-order valence-electron chi connectivity index (χ2n) is 4.70. The SMILES string of the molecule is CCCOc1ccc(-c2nnc3ccc(F)cn23)cc1N. The molecule has 5 nitrogen and oxygen atoms in total. The smallest absolute Gasteiger partial charge is 0.168 e. The third-order valence-electron chi connectivity index (χ3n) is 3.10. The summed E-state index contributed by atoms with van der Waals surface area (Å²) in [5.74, 6) is 0.832. The van der Waals surface area contributed by atoms with Crippen molar-refractivity contribution in [1.29, 1.82) is 0 Å². The fraction of sp³-hybridized carbons (Fsp3) is 0.200. The highest BCUT2D eigenvalue weighted by molar-refractivity contribution is 5.68. The first-order valence-electron chi connectivity index (χ1n) is 6.72. The molecule has 21 heavy (non-hydrogen) atoms. The molecule has 0 aliphatic carbocycles. The van der Waals surface area contributed by atoms with Gasteiger partial charge in [-0.2, -0.15) is 0 Å². The van der Waals surface area contributed by atoms with Crippen molar-refractivity contribution in [3.63, 3.8) is 0 Å². The summed E-state index contributed by atoms with van der Waals surface area (Å²) >= 11 is 0. The molecule has 108 valence electrons. The first-order chi connectivity index (χ1) is 10.2. The van der Waals surface area contributed by atoms with Gasteiger partial charge in [0, 0.05) is 11.8 Å². The van der Waals surface area contributed by atoms with Crippen LogP contribution in [0.3, 0.4) is 0 Å². The Hall–Kier alpha value is -2.63. The van der Waals surface area contributed by atoms with E-state index in [4.69, 9.17) is 10.5 Å². The molecule has 2 heterocycles. The summed E-state index contributed by atoms with van der Waals surface area (Å²) in [6.07, 6.45) is 2.26. The van der Waals surface area contributed by atoms with Gasteiger partial charge in [-0.05, 0) is 36.8 Å². The molecule has 2 N–H and O–H groups in total. The van der Waals surface area contributed by atoms with Crippen molar-refractivity contribution in [2.24, 2.45) is 0 Å². The maximum atomic E-state index is 13.4. The van der Waals surface area contributed by atoms with Crippen LogP contribution in [0.4, 0.5) is 10.1 Å². The molecule has 0 spiro atoms. The number of nitrogen functional groups attached to an aromatic ring is 1. The number of halogens is 1. The van der Waals surface area contributed by atoms with Gasteiger partial charge in [-0.3, -0.25) is 4.40 Å². The van der Waals surface area contributed by atoms with Gasteiger partial charge in [0.15, 0.2) is 11.5 Å². The first kappa shape index (κ1) is 13.4. The lowest BCUT2D eigenvalue weighted by Crippen LogP contribution is -1.99. The van der Waals surface area contributed by atoms with Crippen molar-refractivity contribution >= 4 is 11.3 Å². The second kappa shape index (κ2) is 5.40. The van der Waals surface area contributed by atoms with Crippen LogP contribution in [-0.4, -0.2) is 21.2 Å². The maximum Gasteiger partial charge on any atom is 0.168 e. The summed E-state index contributed by atoms with van der Waals surface area (Å²) in [4.78, 5) is 0. The van der Waals surface area contributed by atoms with E-state index in [1.54, 1.807) is 22.6 Å². The summed E-state index contributed by atoms with van der Waals surface area (Å²) in [7, 11) is 0. The Kier molecular flexibility index (Phi) is 3.43. The van der Waals surface area contributed by atoms with Crippen molar-refractivity contribution in [1.82, 2.24) is 14.6 Å². The largest absolute Gasteiger partial charge is 0.491 e. The maximum absolute atomic E-state index is 13.4.